The van der Waals surface area contributed by atoms with E-state index in [-0.39, 0.29) is 36.6 Å². The Bertz CT molecular complexity index is 1300. The molecule has 1 saturated heterocycles. The van der Waals surface area contributed by atoms with Crippen molar-refractivity contribution in [3.63, 3.8) is 0 Å². The van der Waals surface area contributed by atoms with Gasteiger partial charge in [0.05, 0.1) is 33.2 Å². The minimum absolute atomic E-state index is 0.0724. The third-order valence-corrected chi connectivity index (χ3v) is 6.55. The van der Waals surface area contributed by atoms with E-state index >= 15 is 0 Å². The molecule has 2 heterocycles. The lowest BCUT2D eigenvalue weighted by Gasteiger charge is -2.29. The van der Waals surface area contributed by atoms with E-state index in [1.807, 2.05) is 18.2 Å². The minimum Gasteiger partial charge on any atom is -0.493 e. The van der Waals surface area contributed by atoms with E-state index in [9.17, 15) is 24.0 Å². The summed E-state index contributed by atoms with van der Waals surface area (Å²) < 4.78 is 32.3. The van der Waals surface area contributed by atoms with Crippen molar-refractivity contribution in [2.75, 3.05) is 27.4 Å². The lowest BCUT2D eigenvalue weighted by atomic mass is 9.91. The summed E-state index contributed by atoms with van der Waals surface area (Å²) in [5.41, 5.74) is 0.531. The van der Waals surface area contributed by atoms with Crippen LogP contribution in [-0.4, -0.2) is 80.5 Å². The number of carbonyl (C=O) groups excluding carboxylic acids is 5. The van der Waals surface area contributed by atoms with E-state index in [1.54, 1.807) is 26.0 Å². The van der Waals surface area contributed by atoms with Gasteiger partial charge in [-0.05, 0) is 18.9 Å². The van der Waals surface area contributed by atoms with Crippen molar-refractivity contribution in [2.24, 2.45) is 11.8 Å². The van der Waals surface area contributed by atoms with Crippen LogP contribution in [0.25, 0.3) is 0 Å². The van der Waals surface area contributed by atoms with E-state index in [1.165, 1.54) is 33.4 Å². The molecule has 13 nitrogen and oxygen atoms in total. The van der Waals surface area contributed by atoms with Gasteiger partial charge >= 0.3 is 23.9 Å². The topological polar surface area (TPSA) is 166 Å². The molecular weight excluding hydrogens is 564 g/mol. The van der Waals surface area contributed by atoms with Crippen LogP contribution in [0.1, 0.15) is 43.2 Å². The molecule has 2 aromatic rings. The van der Waals surface area contributed by atoms with Gasteiger partial charge in [-0.3, -0.25) is 19.2 Å². The molecule has 0 aliphatic carbocycles. The Kier molecular flexibility index (Phi) is 11.8. The molecule has 0 spiro atoms. The fourth-order valence-corrected chi connectivity index (χ4v) is 4.21. The predicted molar refractivity (Wildman–Crippen MR) is 149 cm³/mol. The number of cyclic esters (lactones) is 2. The van der Waals surface area contributed by atoms with E-state index < -0.39 is 66.5 Å². The van der Waals surface area contributed by atoms with Crippen molar-refractivity contribution < 1.29 is 52.4 Å². The first-order valence-corrected chi connectivity index (χ1v) is 13.7. The molecule has 1 aliphatic rings. The van der Waals surface area contributed by atoms with Crippen molar-refractivity contribution in [2.45, 2.75) is 51.9 Å². The van der Waals surface area contributed by atoms with E-state index in [4.69, 9.17) is 23.7 Å². The van der Waals surface area contributed by atoms with Crippen LogP contribution in [0.3, 0.4) is 0 Å². The van der Waals surface area contributed by atoms with Crippen LogP contribution in [-0.2, 0) is 44.5 Å². The number of nitrogens with zero attached hydrogens (tertiary/aromatic N) is 1. The second-order valence-electron chi connectivity index (χ2n) is 10.0. The molecule has 0 radical (unpaired) electrons. The highest BCUT2D eigenvalue weighted by Crippen LogP contribution is 2.30. The number of hydrogen-bond acceptors (Lipinski definition) is 12. The van der Waals surface area contributed by atoms with E-state index in [2.05, 4.69) is 15.0 Å². The maximum absolute atomic E-state index is 13.4. The van der Waals surface area contributed by atoms with Gasteiger partial charge in [0.1, 0.15) is 18.6 Å². The number of benzene rings is 1. The molecule has 4 atom stereocenters. The minimum atomic E-state index is -1.44. The summed E-state index contributed by atoms with van der Waals surface area (Å²) in [6, 6.07) is 9.07. The second-order valence-corrected chi connectivity index (χ2v) is 10.0. The molecule has 1 aromatic heterocycles. The standard InChI is InChI=1S/C30H36N2O11/c1-17(2)28(35)43-25-18(3)42-30(37)21(16-41-29(36)20(25)15-19-9-7-6-8-10-19)32-27(34)24-26(22(38-4)11-13-31-24)40-14-12-23(33)39-5/h6-11,13,17-18,20-21,25H,12,14-16H2,1-5H3,(H,32,34)/t18-,20+,21-,25-/m0/s1. The molecule has 1 amide bonds. The quantitative estimate of drug-likeness (QED) is 0.295. The highest BCUT2D eigenvalue weighted by atomic mass is 16.6. The van der Waals surface area contributed by atoms with Gasteiger partial charge in [-0.15, -0.1) is 0 Å². The predicted octanol–water partition coefficient (Wildman–Crippen LogP) is 2.05. The van der Waals surface area contributed by atoms with Crippen molar-refractivity contribution in [1.29, 1.82) is 0 Å². The molecule has 1 aromatic carbocycles. The number of hydrogen-bond donors (Lipinski definition) is 1. The first-order valence-electron chi connectivity index (χ1n) is 13.7. The summed E-state index contributed by atoms with van der Waals surface area (Å²) in [7, 11) is 2.59. The number of carbonyl (C=O) groups is 5. The number of rotatable bonds is 11. The number of nitrogens with one attached hydrogen (secondary N) is 1. The summed E-state index contributed by atoms with van der Waals surface area (Å²) in [6.45, 7) is 4.08. The molecule has 13 heteroatoms. The summed E-state index contributed by atoms with van der Waals surface area (Å²) in [5, 5.41) is 2.47. The summed E-state index contributed by atoms with van der Waals surface area (Å²) >= 11 is 0. The van der Waals surface area contributed by atoms with Crippen LogP contribution in [0.5, 0.6) is 11.5 Å². The summed E-state index contributed by atoms with van der Waals surface area (Å²) in [4.78, 5) is 68.1. The van der Waals surface area contributed by atoms with E-state index in [0.717, 1.165) is 5.56 Å². The molecule has 3 rings (SSSR count). The Hall–Kier alpha value is -4.68. The number of methoxy groups -OCH3 is 2. The Labute approximate surface area is 249 Å². The smallest absolute Gasteiger partial charge is 0.332 e. The van der Waals surface area contributed by atoms with Gasteiger partial charge in [-0.1, -0.05) is 44.2 Å². The van der Waals surface area contributed by atoms with Crippen molar-refractivity contribution in [3.8, 4) is 11.5 Å². The third kappa shape index (κ3) is 8.90. The average molecular weight is 601 g/mol. The summed E-state index contributed by atoms with van der Waals surface area (Å²) in [5.74, 6) is -5.05. The van der Waals surface area contributed by atoms with Crippen LogP contribution in [0.15, 0.2) is 42.6 Å². The molecule has 1 aliphatic heterocycles. The molecule has 43 heavy (non-hydrogen) atoms. The van der Waals surface area contributed by atoms with Crippen LogP contribution >= 0.6 is 0 Å². The number of esters is 4. The molecule has 0 unspecified atom stereocenters. The van der Waals surface area contributed by atoms with Crippen molar-refractivity contribution in [1.82, 2.24) is 10.3 Å². The third-order valence-electron chi connectivity index (χ3n) is 6.55. The van der Waals surface area contributed by atoms with E-state index in [0.29, 0.717) is 0 Å². The van der Waals surface area contributed by atoms with Gasteiger partial charge in [-0.2, -0.15) is 0 Å². The zero-order valence-electron chi connectivity index (χ0n) is 24.7. The second kappa shape index (κ2) is 15.5. The van der Waals surface area contributed by atoms with Gasteiger partial charge in [-0.25, -0.2) is 9.78 Å². The fourth-order valence-electron chi connectivity index (χ4n) is 4.21. The first-order chi connectivity index (χ1) is 20.5. The normalized spacial score (nSPS) is 20.4. The van der Waals surface area contributed by atoms with Crippen molar-refractivity contribution in [3.05, 3.63) is 53.9 Å². The SMILES string of the molecule is COC(=O)CCOc1c(OC)ccnc1C(=O)N[C@H]1COC(=O)[C@H](Cc2ccccc2)[C@@H](OC(=O)C(C)C)[C@H](C)OC1=O. The Morgan fingerprint density at radius 2 is 1.79 bits per heavy atom. The van der Waals surface area contributed by atoms with Gasteiger partial charge in [0.2, 0.25) is 0 Å². The Balaban J connectivity index is 1.86. The Morgan fingerprint density at radius 3 is 2.44 bits per heavy atom. The first kappa shape index (κ1) is 32.8. The maximum atomic E-state index is 13.4. The fraction of sp³-hybridized carbons (Fsp3) is 0.467. The average Bonchev–Trinajstić information content (AvgIpc) is 3.03. The lowest BCUT2D eigenvalue weighted by Crippen LogP contribution is -2.47. The molecule has 0 bridgehead atoms. The van der Waals surface area contributed by atoms with Gasteiger partial charge in [0.25, 0.3) is 5.91 Å². The highest BCUT2D eigenvalue weighted by molar-refractivity contribution is 5.98. The molecule has 0 saturated carbocycles. The molecule has 232 valence electrons. The monoisotopic (exact) mass is 600 g/mol. The summed E-state index contributed by atoms with van der Waals surface area (Å²) in [6.07, 6.45) is -0.886. The van der Waals surface area contributed by atoms with Crippen LogP contribution in [0, 0.1) is 11.8 Å². The van der Waals surface area contributed by atoms with Crippen LogP contribution < -0.4 is 14.8 Å². The highest BCUT2D eigenvalue weighted by Gasteiger charge is 2.42. The van der Waals surface area contributed by atoms with Gasteiger partial charge in [0.15, 0.2) is 29.3 Å². The zero-order chi connectivity index (χ0) is 31.5. The van der Waals surface area contributed by atoms with Crippen molar-refractivity contribution >= 4 is 29.8 Å². The molecule has 1 fully saturated rings. The van der Waals surface area contributed by atoms with Crippen LogP contribution in [0.4, 0.5) is 0 Å². The number of aromatic nitrogens is 1. The lowest BCUT2D eigenvalue weighted by molar-refractivity contribution is -0.176. The molecular formula is C30H36N2O11. The number of amides is 1. The molecule has 1 N–H and O–H groups in total. The Morgan fingerprint density at radius 1 is 1.07 bits per heavy atom. The number of pyridine rings is 1. The number of ether oxygens (including phenoxy) is 6. The zero-order valence-corrected chi connectivity index (χ0v) is 24.7. The maximum Gasteiger partial charge on any atom is 0.332 e. The van der Waals surface area contributed by atoms with Gasteiger partial charge in [0, 0.05) is 12.3 Å². The largest absolute Gasteiger partial charge is 0.493 e. The van der Waals surface area contributed by atoms with Gasteiger partial charge < -0.3 is 33.7 Å². The van der Waals surface area contributed by atoms with Crippen LogP contribution in [0.2, 0.25) is 0 Å².